The highest BCUT2D eigenvalue weighted by atomic mass is 16.3. The molecule has 3 aromatic rings. The van der Waals surface area contributed by atoms with Crippen LogP contribution >= 0.6 is 0 Å². The van der Waals surface area contributed by atoms with Crippen LogP contribution in [0.4, 0.5) is 0 Å². The van der Waals surface area contributed by atoms with Crippen LogP contribution in [-0.2, 0) is 18.3 Å². The summed E-state index contributed by atoms with van der Waals surface area (Å²) >= 11 is 0. The van der Waals surface area contributed by atoms with E-state index < -0.39 is 6.04 Å². The molecule has 10 heteroatoms. The molecule has 0 radical (unpaired) electrons. The number of carbonyl (C=O) groups is 3. The molecule has 1 fully saturated rings. The Morgan fingerprint density at radius 3 is 2.71 bits per heavy atom. The molecule has 35 heavy (non-hydrogen) atoms. The topological polar surface area (TPSA) is 113 Å². The Hall–Kier alpha value is -3.66. The number of likely N-dealkylation sites (N-methyl/N-ethyl adjacent to an activating group) is 1. The molecule has 0 bridgehead atoms. The third kappa shape index (κ3) is 5.22. The number of hydrogen-bond donors (Lipinski definition) is 2. The number of nitrogens with zero attached hydrogens (tertiary/aromatic N) is 4. The van der Waals surface area contributed by atoms with Crippen LogP contribution < -0.4 is 10.6 Å². The first-order valence-corrected chi connectivity index (χ1v) is 11.8. The molecular formula is C25H32N6O4. The molecule has 0 unspecified atom stereocenters. The Morgan fingerprint density at radius 2 is 2.00 bits per heavy atom. The summed E-state index contributed by atoms with van der Waals surface area (Å²) in [6.07, 6.45) is 2.47. The number of para-hydroxylation sites is 1. The minimum absolute atomic E-state index is 0.217. The number of aromatic nitrogens is 2. The highest BCUT2D eigenvalue weighted by Gasteiger charge is 2.41. The number of hydrogen-bond acceptors (Lipinski definition) is 6. The van der Waals surface area contributed by atoms with E-state index in [1.807, 2.05) is 44.1 Å². The molecule has 1 aromatic carbocycles. The molecule has 0 saturated carbocycles. The van der Waals surface area contributed by atoms with E-state index in [9.17, 15) is 14.4 Å². The normalized spacial score (nSPS) is 17.8. The van der Waals surface area contributed by atoms with Crippen molar-refractivity contribution in [1.82, 2.24) is 30.2 Å². The first kappa shape index (κ1) is 24.5. The summed E-state index contributed by atoms with van der Waals surface area (Å²) in [5, 5.41) is 10.9. The summed E-state index contributed by atoms with van der Waals surface area (Å²) in [5.41, 5.74) is 2.28. The van der Waals surface area contributed by atoms with Crippen molar-refractivity contribution < 1.29 is 18.8 Å². The Labute approximate surface area is 204 Å². The van der Waals surface area contributed by atoms with Gasteiger partial charge in [-0.2, -0.15) is 5.10 Å². The van der Waals surface area contributed by atoms with Gasteiger partial charge in [0, 0.05) is 38.1 Å². The van der Waals surface area contributed by atoms with Gasteiger partial charge in [-0.3, -0.25) is 19.1 Å². The summed E-state index contributed by atoms with van der Waals surface area (Å²) in [6.45, 7) is 3.34. The third-order valence-corrected chi connectivity index (χ3v) is 6.29. The zero-order valence-electron chi connectivity index (χ0n) is 20.6. The van der Waals surface area contributed by atoms with E-state index in [4.69, 9.17) is 4.42 Å². The van der Waals surface area contributed by atoms with E-state index in [1.54, 1.807) is 23.9 Å². The number of furan rings is 1. The zero-order valence-corrected chi connectivity index (χ0v) is 20.6. The van der Waals surface area contributed by atoms with Crippen LogP contribution in [0.5, 0.6) is 0 Å². The van der Waals surface area contributed by atoms with Crippen LogP contribution in [0.1, 0.15) is 39.9 Å². The summed E-state index contributed by atoms with van der Waals surface area (Å²) in [5.74, 6) is -0.814. The molecule has 3 heterocycles. The Bertz CT molecular complexity index is 1230. The van der Waals surface area contributed by atoms with Gasteiger partial charge in [0.05, 0.1) is 11.3 Å². The van der Waals surface area contributed by atoms with Crippen LogP contribution in [0.3, 0.4) is 0 Å². The molecule has 1 saturated heterocycles. The standard InChI is InChI=1S/C25H32N6O4/c1-5-16-12-20(30(4)28-16)24(33)27-17-13-21(23(32)26-10-11-29(2)3)31(14-17)25(34)19-15-35-22-9-7-6-8-18(19)22/h6-9,12,15,17,21H,5,10-11,13-14H2,1-4H3,(H,26,32)(H,27,33)/t17-,21+/m1/s1. The highest BCUT2D eigenvalue weighted by Crippen LogP contribution is 2.27. The predicted molar refractivity (Wildman–Crippen MR) is 131 cm³/mol. The van der Waals surface area contributed by atoms with Gasteiger partial charge in [-0.15, -0.1) is 0 Å². The van der Waals surface area contributed by atoms with Crippen molar-refractivity contribution in [1.29, 1.82) is 0 Å². The second-order valence-electron chi connectivity index (χ2n) is 9.12. The highest BCUT2D eigenvalue weighted by molar-refractivity contribution is 6.07. The number of aryl methyl sites for hydroxylation is 2. The Kier molecular flexibility index (Phi) is 7.20. The van der Waals surface area contributed by atoms with Crippen molar-refractivity contribution in [2.75, 3.05) is 33.7 Å². The fraction of sp³-hybridized carbons (Fsp3) is 0.440. The molecule has 3 amide bonds. The number of nitrogens with one attached hydrogen (secondary N) is 2. The Balaban J connectivity index is 1.54. The molecule has 10 nitrogen and oxygen atoms in total. The maximum Gasteiger partial charge on any atom is 0.269 e. The van der Waals surface area contributed by atoms with Gasteiger partial charge in [0.1, 0.15) is 23.6 Å². The molecule has 186 valence electrons. The summed E-state index contributed by atoms with van der Waals surface area (Å²) in [7, 11) is 5.58. The molecule has 2 N–H and O–H groups in total. The molecule has 4 rings (SSSR count). The molecular weight excluding hydrogens is 448 g/mol. The summed E-state index contributed by atoms with van der Waals surface area (Å²) in [4.78, 5) is 43.1. The van der Waals surface area contributed by atoms with Crippen molar-refractivity contribution in [2.45, 2.75) is 31.8 Å². The van der Waals surface area contributed by atoms with Gasteiger partial charge < -0.3 is 24.9 Å². The van der Waals surface area contributed by atoms with Crippen molar-refractivity contribution >= 4 is 28.7 Å². The lowest BCUT2D eigenvalue weighted by Crippen LogP contribution is -2.47. The van der Waals surface area contributed by atoms with Gasteiger partial charge in [-0.05, 0) is 39.1 Å². The number of benzene rings is 1. The zero-order chi connectivity index (χ0) is 25.1. The minimum atomic E-state index is -0.707. The maximum atomic E-state index is 13.6. The monoisotopic (exact) mass is 480 g/mol. The number of rotatable bonds is 8. The molecule has 1 aliphatic rings. The second-order valence-corrected chi connectivity index (χ2v) is 9.12. The van der Waals surface area contributed by atoms with Gasteiger partial charge >= 0.3 is 0 Å². The predicted octanol–water partition coefficient (Wildman–Crippen LogP) is 1.42. The van der Waals surface area contributed by atoms with Crippen molar-refractivity contribution in [3.8, 4) is 0 Å². The minimum Gasteiger partial charge on any atom is -0.463 e. The summed E-state index contributed by atoms with van der Waals surface area (Å²) in [6, 6.07) is 7.97. The van der Waals surface area contributed by atoms with E-state index in [0.29, 0.717) is 41.7 Å². The lowest BCUT2D eigenvalue weighted by atomic mass is 10.1. The number of carbonyl (C=O) groups excluding carboxylic acids is 3. The molecule has 2 atom stereocenters. The van der Waals surface area contributed by atoms with Crippen LogP contribution in [0, 0.1) is 0 Å². The van der Waals surface area contributed by atoms with Crippen molar-refractivity contribution in [2.24, 2.45) is 7.05 Å². The van der Waals surface area contributed by atoms with Crippen LogP contribution in [0.15, 0.2) is 41.0 Å². The van der Waals surface area contributed by atoms with E-state index in [2.05, 4.69) is 15.7 Å². The third-order valence-electron chi connectivity index (χ3n) is 6.29. The van der Waals surface area contributed by atoms with E-state index in [1.165, 1.54) is 11.2 Å². The van der Waals surface area contributed by atoms with Gasteiger partial charge in [-0.1, -0.05) is 25.1 Å². The van der Waals surface area contributed by atoms with E-state index in [0.717, 1.165) is 12.1 Å². The van der Waals surface area contributed by atoms with Crippen LogP contribution in [-0.4, -0.2) is 83.1 Å². The number of likely N-dealkylation sites (tertiary alicyclic amines) is 1. The molecule has 2 aromatic heterocycles. The van der Waals surface area contributed by atoms with Gasteiger partial charge in [0.25, 0.3) is 11.8 Å². The Morgan fingerprint density at radius 1 is 1.23 bits per heavy atom. The van der Waals surface area contributed by atoms with Crippen molar-refractivity contribution in [3.63, 3.8) is 0 Å². The fourth-order valence-corrected chi connectivity index (χ4v) is 4.40. The molecule has 0 aliphatic carbocycles. The van der Waals surface area contributed by atoms with E-state index >= 15 is 0 Å². The smallest absolute Gasteiger partial charge is 0.269 e. The average Bonchev–Trinajstić information content (AvgIpc) is 3.54. The van der Waals surface area contributed by atoms with Gasteiger partial charge in [0.15, 0.2) is 0 Å². The van der Waals surface area contributed by atoms with Crippen LogP contribution in [0.2, 0.25) is 0 Å². The average molecular weight is 481 g/mol. The summed E-state index contributed by atoms with van der Waals surface area (Å²) < 4.78 is 7.11. The fourth-order valence-electron chi connectivity index (χ4n) is 4.40. The van der Waals surface area contributed by atoms with Crippen LogP contribution in [0.25, 0.3) is 11.0 Å². The van der Waals surface area contributed by atoms with Gasteiger partial charge in [0.2, 0.25) is 5.91 Å². The molecule has 0 spiro atoms. The SMILES string of the molecule is CCc1cc(C(=O)N[C@@H]2C[C@@H](C(=O)NCCN(C)C)N(C(=O)c3coc4ccccc34)C2)n(C)n1. The lowest BCUT2D eigenvalue weighted by molar-refractivity contribution is -0.124. The molecule has 1 aliphatic heterocycles. The lowest BCUT2D eigenvalue weighted by Gasteiger charge is -2.23. The second kappa shape index (κ2) is 10.3. The van der Waals surface area contributed by atoms with Gasteiger partial charge in [-0.25, -0.2) is 0 Å². The first-order valence-electron chi connectivity index (χ1n) is 11.8. The maximum absolute atomic E-state index is 13.6. The van der Waals surface area contributed by atoms with Crippen molar-refractivity contribution in [3.05, 3.63) is 53.5 Å². The number of amides is 3. The first-order chi connectivity index (χ1) is 16.8. The van der Waals surface area contributed by atoms with E-state index in [-0.39, 0.29) is 30.3 Å². The number of fused-ring (bicyclic) bond motifs is 1. The quantitative estimate of drug-likeness (QED) is 0.504. The largest absolute Gasteiger partial charge is 0.463 e.